The molecule has 0 aliphatic heterocycles. The van der Waals surface area contributed by atoms with Gasteiger partial charge in [-0.25, -0.2) is 4.68 Å². The zero-order valence-electron chi connectivity index (χ0n) is 13.2. The molecule has 0 aliphatic rings. The van der Waals surface area contributed by atoms with Gasteiger partial charge in [0.15, 0.2) is 5.69 Å². The van der Waals surface area contributed by atoms with Crippen molar-refractivity contribution < 1.29 is 4.74 Å². The zero-order valence-corrected chi connectivity index (χ0v) is 13.2. The minimum absolute atomic E-state index is 0.434. The van der Waals surface area contributed by atoms with Gasteiger partial charge < -0.3 is 4.74 Å². The highest BCUT2D eigenvalue weighted by Gasteiger charge is 2.12. The lowest BCUT2D eigenvalue weighted by Crippen LogP contribution is -2.09. The first-order valence-corrected chi connectivity index (χ1v) is 7.71. The maximum Gasteiger partial charge on any atom is 0.185 e. The predicted molar refractivity (Wildman–Crippen MR) is 84.5 cm³/mol. The molecular formula is C17H22N4O. The smallest absolute Gasteiger partial charge is 0.185 e. The van der Waals surface area contributed by atoms with Gasteiger partial charge in [-0.3, -0.25) is 0 Å². The molecule has 1 aromatic heterocycles. The summed E-state index contributed by atoms with van der Waals surface area (Å²) >= 11 is 0. The van der Waals surface area contributed by atoms with Gasteiger partial charge in [-0.15, -0.1) is 5.10 Å². The van der Waals surface area contributed by atoms with Crippen LogP contribution in [0.25, 0.3) is 0 Å². The molecule has 0 bridgehead atoms. The summed E-state index contributed by atoms with van der Waals surface area (Å²) in [6.07, 6.45) is 2.61. The Morgan fingerprint density at radius 1 is 1.27 bits per heavy atom. The van der Waals surface area contributed by atoms with Gasteiger partial charge in [0.1, 0.15) is 11.8 Å². The molecule has 0 saturated carbocycles. The minimum atomic E-state index is 0.434. The van der Waals surface area contributed by atoms with Crippen LogP contribution in [0, 0.1) is 17.2 Å². The Morgan fingerprint density at radius 3 is 2.73 bits per heavy atom. The Balaban J connectivity index is 1.88. The fourth-order valence-electron chi connectivity index (χ4n) is 2.17. The van der Waals surface area contributed by atoms with Crippen molar-refractivity contribution in [3.63, 3.8) is 0 Å². The molecular weight excluding hydrogens is 276 g/mol. The summed E-state index contributed by atoms with van der Waals surface area (Å²) in [5.74, 6) is 1.47. The minimum Gasteiger partial charge on any atom is -0.494 e. The van der Waals surface area contributed by atoms with Crippen LogP contribution in [0.5, 0.6) is 5.75 Å². The molecule has 116 valence electrons. The van der Waals surface area contributed by atoms with E-state index in [1.54, 1.807) is 0 Å². The Morgan fingerprint density at radius 2 is 2.05 bits per heavy atom. The van der Waals surface area contributed by atoms with E-state index in [1.807, 2.05) is 35.0 Å². The van der Waals surface area contributed by atoms with Gasteiger partial charge in [-0.05, 0) is 37.3 Å². The third-order valence-corrected chi connectivity index (χ3v) is 3.43. The van der Waals surface area contributed by atoms with Crippen LogP contribution >= 0.6 is 0 Å². The first kappa shape index (κ1) is 16.0. The van der Waals surface area contributed by atoms with Crippen LogP contribution in [0.1, 0.15) is 38.1 Å². The fourth-order valence-corrected chi connectivity index (χ4v) is 2.17. The number of ether oxygens (including phenoxy) is 1. The molecule has 2 aromatic rings. The van der Waals surface area contributed by atoms with E-state index in [2.05, 4.69) is 30.2 Å². The molecule has 0 unspecified atom stereocenters. The molecule has 0 spiro atoms. The topological polar surface area (TPSA) is 63.7 Å². The number of rotatable bonds is 8. The van der Waals surface area contributed by atoms with Gasteiger partial charge in [0.25, 0.3) is 0 Å². The molecule has 0 aliphatic carbocycles. The second kappa shape index (κ2) is 8.18. The Hall–Kier alpha value is -2.35. The van der Waals surface area contributed by atoms with Gasteiger partial charge in [0.2, 0.25) is 0 Å². The van der Waals surface area contributed by atoms with Crippen molar-refractivity contribution >= 4 is 0 Å². The summed E-state index contributed by atoms with van der Waals surface area (Å²) in [4.78, 5) is 0. The standard InChI is InChI=1S/C17H22N4O/c1-14(2)10-11-21-17(16(13-18)19-20-21)9-6-12-22-15-7-4-3-5-8-15/h3-5,7-8,14H,6,9-12H2,1-2H3. The lowest BCUT2D eigenvalue weighted by atomic mass is 10.1. The summed E-state index contributed by atoms with van der Waals surface area (Å²) in [5, 5.41) is 17.2. The average Bonchev–Trinajstić information content (AvgIpc) is 2.92. The maximum atomic E-state index is 9.15. The van der Waals surface area contributed by atoms with Crippen molar-refractivity contribution in [3.8, 4) is 11.8 Å². The highest BCUT2D eigenvalue weighted by Crippen LogP contribution is 2.12. The first-order chi connectivity index (χ1) is 10.7. The molecule has 2 rings (SSSR count). The number of benzene rings is 1. The van der Waals surface area contributed by atoms with Crippen molar-refractivity contribution in [1.29, 1.82) is 5.26 Å². The van der Waals surface area contributed by atoms with E-state index in [0.717, 1.165) is 37.3 Å². The molecule has 0 radical (unpaired) electrons. The third-order valence-electron chi connectivity index (χ3n) is 3.43. The molecule has 5 nitrogen and oxygen atoms in total. The Labute approximate surface area is 131 Å². The highest BCUT2D eigenvalue weighted by molar-refractivity contribution is 5.25. The highest BCUT2D eigenvalue weighted by atomic mass is 16.5. The van der Waals surface area contributed by atoms with Crippen LogP contribution in [0.15, 0.2) is 30.3 Å². The van der Waals surface area contributed by atoms with E-state index in [-0.39, 0.29) is 0 Å². The molecule has 0 N–H and O–H groups in total. The molecule has 0 saturated heterocycles. The Bertz CT molecular complexity index is 613. The van der Waals surface area contributed by atoms with Crippen molar-refractivity contribution in [3.05, 3.63) is 41.7 Å². The molecule has 5 heteroatoms. The lowest BCUT2D eigenvalue weighted by molar-refractivity contribution is 0.309. The van der Waals surface area contributed by atoms with Crippen molar-refractivity contribution in [2.45, 2.75) is 39.7 Å². The second-order valence-electron chi connectivity index (χ2n) is 5.67. The van der Waals surface area contributed by atoms with E-state index >= 15 is 0 Å². The molecule has 0 atom stereocenters. The number of aromatic nitrogens is 3. The van der Waals surface area contributed by atoms with Gasteiger partial charge in [0.05, 0.1) is 12.3 Å². The van der Waals surface area contributed by atoms with E-state index < -0.39 is 0 Å². The maximum absolute atomic E-state index is 9.15. The van der Waals surface area contributed by atoms with Crippen molar-refractivity contribution in [2.75, 3.05) is 6.61 Å². The van der Waals surface area contributed by atoms with Crippen LogP contribution in [0.4, 0.5) is 0 Å². The van der Waals surface area contributed by atoms with E-state index in [9.17, 15) is 0 Å². The number of hydrogen-bond acceptors (Lipinski definition) is 4. The van der Waals surface area contributed by atoms with Gasteiger partial charge in [-0.1, -0.05) is 37.3 Å². The molecule has 1 aromatic carbocycles. The third kappa shape index (κ3) is 4.59. The average molecular weight is 298 g/mol. The van der Waals surface area contributed by atoms with E-state index in [1.165, 1.54) is 0 Å². The van der Waals surface area contributed by atoms with E-state index in [0.29, 0.717) is 18.2 Å². The normalized spacial score (nSPS) is 10.6. The second-order valence-corrected chi connectivity index (χ2v) is 5.67. The summed E-state index contributed by atoms with van der Waals surface area (Å²) in [6, 6.07) is 11.9. The summed E-state index contributed by atoms with van der Waals surface area (Å²) in [7, 11) is 0. The zero-order chi connectivity index (χ0) is 15.8. The van der Waals surface area contributed by atoms with Crippen LogP contribution < -0.4 is 4.74 Å². The number of nitriles is 1. The number of hydrogen-bond donors (Lipinski definition) is 0. The summed E-state index contributed by atoms with van der Waals surface area (Å²) < 4.78 is 7.55. The summed E-state index contributed by atoms with van der Waals surface area (Å²) in [6.45, 7) is 5.77. The van der Waals surface area contributed by atoms with Crippen LogP contribution in [0.2, 0.25) is 0 Å². The van der Waals surface area contributed by atoms with Crippen LogP contribution in [-0.4, -0.2) is 21.6 Å². The number of nitrogens with zero attached hydrogens (tertiary/aromatic N) is 4. The molecule has 22 heavy (non-hydrogen) atoms. The quantitative estimate of drug-likeness (QED) is 0.702. The largest absolute Gasteiger partial charge is 0.494 e. The van der Waals surface area contributed by atoms with Crippen LogP contribution in [0.3, 0.4) is 0 Å². The molecule has 0 amide bonds. The SMILES string of the molecule is CC(C)CCn1nnc(C#N)c1CCCOc1ccccc1. The van der Waals surface area contributed by atoms with Crippen LogP contribution in [-0.2, 0) is 13.0 Å². The Kier molecular flexibility index (Phi) is 5.96. The monoisotopic (exact) mass is 298 g/mol. The van der Waals surface area contributed by atoms with E-state index in [4.69, 9.17) is 10.00 Å². The number of aryl methyl sites for hydroxylation is 1. The number of para-hydroxylation sites is 1. The fraction of sp³-hybridized carbons (Fsp3) is 0.471. The lowest BCUT2D eigenvalue weighted by Gasteiger charge is -2.09. The van der Waals surface area contributed by atoms with Gasteiger partial charge in [-0.2, -0.15) is 5.26 Å². The van der Waals surface area contributed by atoms with Crippen molar-refractivity contribution in [1.82, 2.24) is 15.0 Å². The molecule has 0 fully saturated rings. The van der Waals surface area contributed by atoms with Gasteiger partial charge in [0, 0.05) is 6.54 Å². The molecule has 1 heterocycles. The van der Waals surface area contributed by atoms with Crippen molar-refractivity contribution in [2.24, 2.45) is 5.92 Å². The first-order valence-electron chi connectivity index (χ1n) is 7.71. The van der Waals surface area contributed by atoms with Gasteiger partial charge >= 0.3 is 0 Å². The summed E-state index contributed by atoms with van der Waals surface area (Å²) in [5.41, 5.74) is 1.35. The predicted octanol–water partition coefficient (Wildman–Crippen LogP) is 3.21.